The van der Waals surface area contributed by atoms with Crippen LogP contribution in [0, 0.1) is 13.8 Å². The van der Waals surface area contributed by atoms with Crippen LogP contribution in [-0.2, 0) is 9.47 Å². The minimum absolute atomic E-state index is 0. The summed E-state index contributed by atoms with van der Waals surface area (Å²) in [5.74, 6) is -1.66. The number of oxazole rings is 2. The molecule has 0 aliphatic heterocycles. The van der Waals surface area contributed by atoms with Gasteiger partial charge in [0.25, 0.3) is 0 Å². The van der Waals surface area contributed by atoms with Crippen LogP contribution < -0.4 is 14.9 Å². The van der Waals surface area contributed by atoms with E-state index in [0.29, 0.717) is 22.8 Å². The number of hydrogen-bond donors (Lipinski definition) is 0. The monoisotopic (exact) mass is 944 g/mol. The average Bonchev–Trinajstić information content (AvgIpc) is 3.87. The number of rotatable bonds is 9. The molecule has 0 unspecified atom stereocenters. The van der Waals surface area contributed by atoms with E-state index in [2.05, 4.69) is 44.8 Å². The Morgan fingerprint density at radius 3 is 1.44 bits per heavy atom. The van der Waals surface area contributed by atoms with E-state index in [1.165, 1.54) is 24.3 Å². The number of halogens is 5. The number of nitrogens with zero attached hydrogens (tertiary/aromatic N) is 2. The lowest BCUT2D eigenvalue weighted by atomic mass is 9.96. The second-order valence-electron chi connectivity index (χ2n) is 13.1. The average molecular weight is 946 g/mol. The van der Waals surface area contributed by atoms with Crippen molar-refractivity contribution in [1.29, 1.82) is 0 Å². The maximum Gasteiger partial charge on any atom is 0.387 e. The zero-order valence-electron chi connectivity index (χ0n) is 34.3. The molecule has 0 saturated heterocycles. The lowest BCUT2D eigenvalue weighted by Gasteiger charge is -2.09. The van der Waals surface area contributed by atoms with E-state index in [1.54, 1.807) is 0 Å². The zero-order chi connectivity index (χ0) is 44.5. The third-order valence-corrected chi connectivity index (χ3v) is 10.0. The lowest BCUT2D eigenvalue weighted by Crippen LogP contribution is -2.09. The lowest BCUT2D eigenvalue weighted by molar-refractivity contribution is -0.0511. The highest BCUT2D eigenvalue weighted by atomic mass is 79.9. The Labute approximate surface area is 372 Å². The smallest absolute Gasteiger partial charge is 0.387 e. The van der Waals surface area contributed by atoms with Crippen molar-refractivity contribution in [3.8, 4) is 45.5 Å². The molecule has 0 aliphatic rings. The Hall–Kier alpha value is -7.02. The van der Waals surface area contributed by atoms with E-state index in [1.807, 2.05) is 111 Å². The molecule has 0 saturated carbocycles. The minimum Gasteiger partial charge on any atom is -0.465 e. The van der Waals surface area contributed by atoms with Crippen molar-refractivity contribution >= 4 is 63.4 Å². The van der Waals surface area contributed by atoms with Gasteiger partial charge >= 0.3 is 25.2 Å². The predicted octanol–water partition coefficient (Wildman–Crippen LogP) is 9.64. The van der Waals surface area contributed by atoms with Crippen molar-refractivity contribution in [3.63, 3.8) is 0 Å². The van der Waals surface area contributed by atoms with E-state index in [0.717, 1.165) is 57.5 Å². The van der Waals surface area contributed by atoms with E-state index in [-0.39, 0.29) is 44.7 Å². The number of ether oxygens (including phenoxy) is 4. The van der Waals surface area contributed by atoms with Gasteiger partial charge in [0, 0.05) is 27.7 Å². The molecular formula is C46H38BBrF4N2O10. The fourth-order valence-corrected chi connectivity index (χ4v) is 6.52. The maximum absolute atomic E-state index is 12.8. The first kappa shape index (κ1) is 49.6. The molecule has 64 heavy (non-hydrogen) atoms. The molecule has 330 valence electrons. The van der Waals surface area contributed by atoms with Crippen LogP contribution >= 0.6 is 15.9 Å². The summed E-state index contributed by atoms with van der Waals surface area (Å²) in [4.78, 5) is 32.6. The van der Waals surface area contributed by atoms with Crippen LogP contribution in [0.2, 0.25) is 0 Å². The minimum atomic E-state index is -3.10. The van der Waals surface area contributed by atoms with Crippen molar-refractivity contribution in [1.82, 2.24) is 9.97 Å². The predicted molar refractivity (Wildman–Crippen MR) is 237 cm³/mol. The van der Waals surface area contributed by atoms with Crippen molar-refractivity contribution in [2.75, 3.05) is 14.2 Å². The summed E-state index contributed by atoms with van der Waals surface area (Å²) >= 11 is 3.43. The van der Waals surface area contributed by atoms with Gasteiger partial charge in [-0.2, -0.15) is 17.6 Å². The first-order chi connectivity index (χ1) is 29.8. The summed E-state index contributed by atoms with van der Waals surface area (Å²) in [6.45, 7) is -2.34. The van der Waals surface area contributed by atoms with E-state index in [9.17, 15) is 27.2 Å². The van der Waals surface area contributed by atoms with Gasteiger partial charge in [0.15, 0.2) is 11.2 Å². The Morgan fingerprint density at radius 1 is 0.594 bits per heavy atom. The topological polar surface area (TPSA) is 186 Å². The van der Waals surface area contributed by atoms with Gasteiger partial charge in [-0.05, 0) is 66.4 Å². The molecule has 0 atom stereocenters. The Bertz CT molecular complexity index is 2840. The molecule has 2 radical (unpaired) electrons. The first-order valence-electron chi connectivity index (χ1n) is 18.4. The number of esters is 2. The first-order valence-corrected chi connectivity index (χ1v) is 19.2. The Morgan fingerprint density at radius 2 is 1.02 bits per heavy atom. The summed E-state index contributed by atoms with van der Waals surface area (Å²) in [6.07, 6.45) is 0. The molecular weight excluding hydrogens is 907 g/mol. The van der Waals surface area contributed by atoms with Crippen LogP contribution in [0.4, 0.5) is 17.6 Å². The van der Waals surface area contributed by atoms with Gasteiger partial charge in [-0.15, -0.1) is 0 Å². The number of alkyl halides is 4. The Kier molecular flexibility index (Phi) is 17.4. The third-order valence-electron chi connectivity index (χ3n) is 9.17. The second kappa shape index (κ2) is 22.4. The number of hydrogen-bond acceptors (Lipinski definition) is 10. The molecule has 4 N–H and O–H groups in total. The van der Waals surface area contributed by atoms with Crippen LogP contribution in [0.25, 0.3) is 56.2 Å². The summed E-state index contributed by atoms with van der Waals surface area (Å²) in [5, 5.41) is 0. The molecule has 0 amide bonds. The number of aromatic nitrogens is 2. The fourth-order valence-electron chi connectivity index (χ4n) is 6.16. The molecule has 2 aromatic heterocycles. The van der Waals surface area contributed by atoms with Crippen LogP contribution in [0.5, 0.6) is 11.5 Å². The van der Waals surface area contributed by atoms with Crippen LogP contribution in [0.15, 0.2) is 135 Å². The number of carbonyl (C=O) groups excluding carboxylic acids is 2. The highest BCUT2D eigenvalue weighted by molar-refractivity contribution is 9.10. The van der Waals surface area contributed by atoms with Gasteiger partial charge in [0.2, 0.25) is 11.8 Å². The van der Waals surface area contributed by atoms with Crippen molar-refractivity contribution in [2.24, 2.45) is 0 Å². The van der Waals surface area contributed by atoms with Gasteiger partial charge in [-0.3, -0.25) is 0 Å². The largest absolute Gasteiger partial charge is 0.465 e. The van der Waals surface area contributed by atoms with Gasteiger partial charge in [0.05, 0.1) is 14.2 Å². The number of fused-ring (bicyclic) bond motifs is 2. The molecule has 0 fully saturated rings. The molecule has 0 spiro atoms. The maximum atomic E-state index is 12.8. The molecule has 2 heterocycles. The molecule has 8 rings (SSSR count). The van der Waals surface area contributed by atoms with Gasteiger partial charge in [-0.1, -0.05) is 100 Å². The zero-order valence-corrected chi connectivity index (χ0v) is 35.9. The van der Waals surface area contributed by atoms with E-state index >= 15 is 0 Å². The quantitative estimate of drug-likeness (QED) is 0.0766. The normalized spacial score (nSPS) is 10.5. The second-order valence-corrected chi connectivity index (χ2v) is 13.9. The number of benzene rings is 6. The molecule has 18 heteroatoms. The molecule has 0 aliphatic carbocycles. The number of carbonyl (C=O) groups is 2. The molecule has 12 nitrogen and oxygen atoms in total. The van der Waals surface area contributed by atoms with Gasteiger partial charge in [0.1, 0.15) is 41.5 Å². The van der Waals surface area contributed by atoms with Gasteiger partial charge in [-0.25, -0.2) is 19.6 Å². The van der Waals surface area contributed by atoms with Crippen LogP contribution in [-0.4, -0.2) is 68.1 Å². The fraction of sp³-hybridized carbons (Fsp3) is 0.130. The third kappa shape index (κ3) is 11.7. The van der Waals surface area contributed by atoms with Crippen molar-refractivity contribution in [2.45, 2.75) is 27.1 Å². The Balaban J connectivity index is 0.000000239. The highest BCUT2D eigenvalue weighted by Crippen LogP contribution is 2.36. The summed E-state index contributed by atoms with van der Waals surface area (Å²) in [6, 6.07) is 35.7. The van der Waals surface area contributed by atoms with Crippen molar-refractivity contribution < 1.29 is 65.9 Å². The highest BCUT2D eigenvalue weighted by Gasteiger charge is 2.23. The van der Waals surface area contributed by atoms with Crippen LogP contribution in [0.3, 0.4) is 0 Å². The SMILES string of the molecule is COC(=O)c1cc2nc(-c3cccc(-c4ccccc4)c3C)oc2cc1OC(F)F.COC(=O)c1cc2nc(-c3cccc(Br)c3C)oc2cc1OC(F)F.O.O.[B]c1ccccc1. The molecule has 0 bridgehead atoms. The van der Waals surface area contributed by atoms with Gasteiger partial charge < -0.3 is 38.7 Å². The van der Waals surface area contributed by atoms with E-state index < -0.39 is 25.2 Å². The number of methoxy groups -OCH3 is 2. The van der Waals surface area contributed by atoms with Crippen molar-refractivity contribution in [3.05, 3.63) is 148 Å². The summed E-state index contributed by atoms with van der Waals surface area (Å²) in [7, 11) is 7.67. The van der Waals surface area contributed by atoms with Crippen LogP contribution in [0.1, 0.15) is 31.8 Å². The summed E-state index contributed by atoms with van der Waals surface area (Å²) < 4.78 is 81.3. The standard InChI is InChI=1S/C23H17F2NO4.C17H12BrF2NO4.C6H5B.2H2O/c1-13-15(14-7-4-3-5-8-14)9-6-10-16(13)21-26-18-11-17(22(27)28-2)19(30-23(24)25)12-20(18)29-21;1-8-9(4-3-5-11(8)18)15-21-12-6-10(16(22)23-2)13(25-17(19)20)7-14(12)24-15;7-6-4-2-1-3-5-6;;/h3-12,23H,1-2H3;3-7,17H,1-2H3;1-5H;2*1H2. The summed E-state index contributed by atoms with van der Waals surface area (Å²) in [5.41, 5.74) is 7.04. The molecule has 8 aromatic rings. The molecule has 6 aromatic carbocycles. The van der Waals surface area contributed by atoms with E-state index in [4.69, 9.17) is 16.7 Å².